The first kappa shape index (κ1) is 12.7. The smallest absolute Gasteiger partial charge is 0.172 e. The van der Waals surface area contributed by atoms with Gasteiger partial charge >= 0.3 is 0 Å². The number of hydrogen-bond donors (Lipinski definition) is 0. The molecule has 0 spiro atoms. The van der Waals surface area contributed by atoms with Crippen molar-refractivity contribution in [1.82, 2.24) is 0 Å². The number of carbonyl (C=O) groups is 1. The molecule has 0 N–H and O–H groups in total. The Morgan fingerprint density at radius 3 is 2.36 bits per heavy atom. The SMILES string of the molecule is C=C(C)OCC(C#N)(COC)C(C)=O. The summed E-state index contributed by atoms with van der Waals surface area (Å²) in [7, 11) is 1.44. The van der Waals surface area contributed by atoms with Gasteiger partial charge in [-0.1, -0.05) is 6.58 Å². The lowest BCUT2D eigenvalue weighted by molar-refractivity contribution is -0.128. The highest BCUT2D eigenvalue weighted by Gasteiger charge is 2.37. The van der Waals surface area contributed by atoms with Crippen LogP contribution in [0.25, 0.3) is 0 Å². The quantitative estimate of drug-likeness (QED) is 0.602. The van der Waals surface area contributed by atoms with Crippen LogP contribution < -0.4 is 0 Å². The van der Waals surface area contributed by atoms with E-state index in [1.807, 2.05) is 6.07 Å². The molecule has 0 radical (unpaired) electrons. The highest BCUT2D eigenvalue weighted by atomic mass is 16.5. The zero-order valence-electron chi connectivity index (χ0n) is 8.79. The van der Waals surface area contributed by atoms with Crippen molar-refractivity contribution in [2.24, 2.45) is 5.41 Å². The van der Waals surface area contributed by atoms with Crippen LogP contribution in [0.5, 0.6) is 0 Å². The molecule has 14 heavy (non-hydrogen) atoms. The summed E-state index contributed by atoms with van der Waals surface area (Å²) in [5.74, 6) is 0.213. The lowest BCUT2D eigenvalue weighted by Gasteiger charge is -2.22. The van der Waals surface area contributed by atoms with E-state index in [4.69, 9.17) is 14.7 Å². The largest absolute Gasteiger partial charge is 0.497 e. The Morgan fingerprint density at radius 2 is 2.07 bits per heavy atom. The van der Waals surface area contributed by atoms with Crippen molar-refractivity contribution in [1.29, 1.82) is 5.26 Å². The topological polar surface area (TPSA) is 59.3 Å². The summed E-state index contributed by atoms with van der Waals surface area (Å²) in [5, 5.41) is 8.93. The highest BCUT2D eigenvalue weighted by molar-refractivity contribution is 5.85. The number of ketones is 1. The van der Waals surface area contributed by atoms with Crippen LogP contribution in [-0.2, 0) is 14.3 Å². The second kappa shape index (κ2) is 5.40. The summed E-state index contributed by atoms with van der Waals surface area (Å²) < 4.78 is 9.93. The van der Waals surface area contributed by atoms with Crippen molar-refractivity contribution in [2.45, 2.75) is 13.8 Å². The van der Waals surface area contributed by atoms with Gasteiger partial charge in [0.15, 0.2) is 11.2 Å². The van der Waals surface area contributed by atoms with E-state index in [1.54, 1.807) is 6.92 Å². The molecule has 0 saturated heterocycles. The van der Waals surface area contributed by atoms with E-state index in [2.05, 4.69) is 6.58 Å². The summed E-state index contributed by atoms with van der Waals surface area (Å²) in [6.45, 7) is 6.56. The molecule has 0 aliphatic heterocycles. The van der Waals surface area contributed by atoms with Crippen LogP contribution in [0, 0.1) is 16.7 Å². The summed E-state index contributed by atoms with van der Waals surface area (Å²) in [6, 6.07) is 1.93. The number of methoxy groups -OCH3 is 1. The maximum absolute atomic E-state index is 11.3. The number of nitriles is 1. The molecule has 0 heterocycles. The van der Waals surface area contributed by atoms with Gasteiger partial charge in [-0.2, -0.15) is 5.26 Å². The van der Waals surface area contributed by atoms with Gasteiger partial charge < -0.3 is 9.47 Å². The number of rotatable bonds is 6. The van der Waals surface area contributed by atoms with Gasteiger partial charge in [0, 0.05) is 7.11 Å². The van der Waals surface area contributed by atoms with Crippen molar-refractivity contribution in [2.75, 3.05) is 20.3 Å². The van der Waals surface area contributed by atoms with E-state index >= 15 is 0 Å². The number of allylic oxidation sites excluding steroid dienone is 1. The molecule has 0 saturated carbocycles. The van der Waals surface area contributed by atoms with Crippen LogP contribution in [0.1, 0.15) is 13.8 Å². The molecule has 0 fully saturated rings. The summed E-state index contributed by atoms with van der Waals surface area (Å²) in [5.41, 5.74) is -1.21. The first-order chi connectivity index (χ1) is 6.48. The first-order valence-corrected chi connectivity index (χ1v) is 4.18. The van der Waals surface area contributed by atoms with Crippen LogP contribution in [0.4, 0.5) is 0 Å². The summed E-state index contributed by atoms with van der Waals surface area (Å²) >= 11 is 0. The monoisotopic (exact) mass is 197 g/mol. The molecule has 0 amide bonds. The Labute approximate surface area is 84.1 Å². The lowest BCUT2D eigenvalue weighted by atomic mass is 9.87. The second-order valence-corrected chi connectivity index (χ2v) is 3.17. The average molecular weight is 197 g/mol. The third kappa shape index (κ3) is 3.19. The molecule has 4 nitrogen and oxygen atoms in total. The molecule has 0 aromatic carbocycles. The van der Waals surface area contributed by atoms with Gasteiger partial charge in [0.05, 0.1) is 18.4 Å². The van der Waals surface area contributed by atoms with Crippen molar-refractivity contribution < 1.29 is 14.3 Å². The minimum atomic E-state index is -1.21. The molecule has 1 atom stereocenters. The van der Waals surface area contributed by atoms with Crippen molar-refractivity contribution in [3.8, 4) is 6.07 Å². The van der Waals surface area contributed by atoms with Gasteiger partial charge in [-0.25, -0.2) is 0 Å². The van der Waals surface area contributed by atoms with Gasteiger partial charge in [0.25, 0.3) is 0 Å². The molecule has 0 bridgehead atoms. The van der Waals surface area contributed by atoms with E-state index in [9.17, 15) is 4.79 Å². The van der Waals surface area contributed by atoms with E-state index in [1.165, 1.54) is 14.0 Å². The third-order valence-corrected chi connectivity index (χ3v) is 1.84. The van der Waals surface area contributed by atoms with Crippen LogP contribution in [0.15, 0.2) is 12.3 Å². The molecule has 4 heteroatoms. The third-order valence-electron chi connectivity index (χ3n) is 1.84. The second-order valence-electron chi connectivity index (χ2n) is 3.17. The minimum absolute atomic E-state index is 0.0119. The lowest BCUT2D eigenvalue weighted by Crippen LogP contribution is -2.37. The molecule has 78 valence electrons. The Hall–Kier alpha value is -1.34. The van der Waals surface area contributed by atoms with Gasteiger partial charge in [-0.05, 0) is 13.8 Å². The Bertz CT molecular complexity index is 267. The molecule has 0 aliphatic rings. The number of nitrogens with zero attached hydrogens (tertiary/aromatic N) is 1. The summed E-state index contributed by atoms with van der Waals surface area (Å²) in [6.07, 6.45) is 0. The predicted molar refractivity (Wildman–Crippen MR) is 51.4 cm³/mol. The number of hydrogen-bond acceptors (Lipinski definition) is 4. The predicted octanol–water partition coefficient (Wildman–Crippen LogP) is 1.28. The van der Waals surface area contributed by atoms with E-state index < -0.39 is 5.41 Å². The van der Waals surface area contributed by atoms with Crippen LogP contribution in [-0.4, -0.2) is 26.1 Å². The molecular weight excluding hydrogens is 182 g/mol. The standard InChI is InChI=1S/C10H15NO3/c1-8(2)14-7-10(5-11,6-13-4)9(3)12/h1,6-7H2,2-4H3. The zero-order chi connectivity index (χ0) is 11.2. The molecule has 0 aliphatic carbocycles. The van der Waals surface area contributed by atoms with Gasteiger partial charge in [-0.3, -0.25) is 4.79 Å². The van der Waals surface area contributed by atoms with Crippen molar-refractivity contribution in [3.05, 3.63) is 12.3 Å². The number of carbonyl (C=O) groups excluding carboxylic acids is 1. The Morgan fingerprint density at radius 1 is 1.50 bits per heavy atom. The van der Waals surface area contributed by atoms with Crippen molar-refractivity contribution in [3.63, 3.8) is 0 Å². The van der Waals surface area contributed by atoms with E-state index in [0.29, 0.717) is 5.76 Å². The molecule has 0 aromatic heterocycles. The normalized spacial score (nSPS) is 13.9. The maximum atomic E-state index is 11.3. The molecular formula is C10H15NO3. The Balaban J connectivity index is 4.60. The number of ether oxygens (including phenoxy) is 2. The fraction of sp³-hybridized carbons (Fsp3) is 0.600. The maximum Gasteiger partial charge on any atom is 0.172 e. The van der Waals surface area contributed by atoms with Gasteiger partial charge in [-0.15, -0.1) is 0 Å². The van der Waals surface area contributed by atoms with Crippen LogP contribution >= 0.6 is 0 Å². The van der Waals surface area contributed by atoms with Crippen LogP contribution in [0.2, 0.25) is 0 Å². The summed E-state index contributed by atoms with van der Waals surface area (Å²) in [4.78, 5) is 11.3. The highest BCUT2D eigenvalue weighted by Crippen LogP contribution is 2.19. The first-order valence-electron chi connectivity index (χ1n) is 4.18. The Kier molecular flexibility index (Phi) is 4.89. The number of Topliss-reactive ketones (excluding diaryl/α,β-unsaturated/α-hetero) is 1. The minimum Gasteiger partial charge on any atom is -0.497 e. The molecule has 0 rings (SSSR count). The fourth-order valence-corrected chi connectivity index (χ4v) is 0.881. The van der Waals surface area contributed by atoms with Gasteiger partial charge in [0.2, 0.25) is 0 Å². The van der Waals surface area contributed by atoms with Crippen molar-refractivity contribution >= 4 is 5.78 Å². The zero-order valence-corrected chi connectivity index (χ0v) is 8.79. The molecule has 1 unspecified atom stereocenters. The average Bonchev–Trinajstić information content (AvgIpc) is 2.11. The fourth-order valence-electron chi connectivity index (χ4n) is 0.881. The van der Waals surface area contributed by atoms with Crippen LogP contribution in [0.3, 0.4) is 0 Å². The van der Waals surface area contributed by atoms with E-state index in [0.717, 1.165) is 0 Å². The molecule has 0 aromatic rings. The van der Waals surface area contributed by atoms with Gasteiger partial charge in [0.1, 0.15) is 6.61 Å². The van der Waals surface area contributed by atoms with E-state index in [-0.39, 0.29) is 19.0 Å².